The van der Waals surface area contributed by atoms with Crippen molar-refractivity contribution >= 4 is 0 Å². The molecule has 1 aliphatic heterocycles. The van der Waals surface area contributed by atoms with E-state index in [0.29, 0.717) is 10.8 Å². The Kier molecular flexibility index (Phi) is 2.78. The maximum absolute atomic E-state index is 2.50. The minimum Gasteiger partial charge on any atom is -0.302 e. The van der Waals surface area contributed by atoms with Gasteiger partial charge in [-0.05, 0) is 24.3 Å². The molecule has 13 heavy (non-hydrogen) atoms. The van der Waals surface area contributed by atoms with Crippen molar-refractivity contribution in [2.24, 2.45) is 10.8 Å². The Morgan fingerprint density at radius 3 is 2.23 bits per heavy atom. The molecule has 0 radical (unpaired) electrons. The second-order valence-corrected chi connectivity index (χ2v) is 6.14. The quantitative estimate of drug-likeness (QED) is 0.649. The van der Waals surface area contributed by atoms with E-state index in [0.717, 1.165) is 6.04 Å². The van der Waals surface area contributed by atoms with E-state index in [1.54, 1.807) is 0 Å². The van der Waals surface area contributed by atoms with Gasteiger partial charge in [0, 0.05) is 12.6 Å². The molecule has 1 aliphatic rings. The van der Waals surface area contributed by atoms with Crippen molar-refractivity contribution in [3.63, 3.8) is 0 Å². The highest BCUT2D eigenvalue weighted by atomic mass is 15.2. The van der Waals surface area contributed by atoms with Gasteiger partial charge in [0.1, 0.15) is 0 Å². The van der Waals surface area contributed by atoms with E-state index in [9.17, 15) is 0 Å². The molecule has 1 heteroatoms. The highest BCUT2D eigenvalue weighted by molar-refractivity contribution is 4.98. The van der Waals surface area contributed by atoms with Gasteiger partial charge < -0.3 is 4.90 Å². The third-order valence-corrected chi connectivity index (χ3v) is 3.79. The van der Waals surface area contributed by atoms with Crippen LogP contribution in [0.2, 0.25) is 0 Å². The summed E-state index contributed by atoms with van der Waals surface area (Å²) < 4.78 is 0. The first-order valence-corrected chi connectivity index (χ1v) is 5.49. The van der Waals surface area contributed by atoms with Crippen LogP contribution in [-0.2, 0) is 0 Å². The molecule has 0 saturated carbocycles. The summed E-state index contributed by atoms with van der Waals surface area (Å²) in [5, 5.41) is 0. The van der Waals surface area contributed by atoms with Gasteiger partial charge in [0.05, 0.1) is 0 Å². The average molecular weight is 183 g/mol. The molecule has 1 heterocycles. The van der Waals surface area contributed by atoms with Crippen LogP contribution in [0.1, 0.15) is 47.5 Å². The first-order valence-electron chi connectivity index (χ1n) is 5.49. The Morgan fingerprint density at radius 2 is 1.92 bits per heavy atom. The topological polar surface area (TPSA) is 3.24 Å². The van der Waals surface area contributed by atoms with E-state index >= 15 is 0 Å². The monoisotopic (exact) mass is 183 g/mol. The van der Waals surface area contributed by atoms with Crippen LogP contribution >= 0.6 is 0 Å². The van der Waals surface area contributed by atoms with Crippen molar-refractivity contribution in [1.29, 1.82) is 0 Å². The Labute approximate surface area is 83.5 Å². The zero-order chi connectivity index (χ0) is 10.3. The van der Waals surface area contributed by atoms with Crippen molar-refractivity contribution in [3.8, 4) is 0 Å². The predicted molar refractivity (Wildman–Crippen MR) is 58.9 cm³/mol. The summed E-state index contributed by atoms with van der Waals surface area (Å²) in [6.07, 6.45) is 2.63. The first-order chi connectivity index (χ1) is 5.78. The Hall–Kier alpha value is -0.0400. The van der Waals surface area contributed by atoms with Gasteiger partial charge in [0.15, 0.2) is 0 Å². The molecule has 0 amide bonds. The van der Waals surface area contributed by atoms with Gasteiger partial charge in [0.25, 0.3) is 0 Å². The number of hydrogen-bond acceptors (Lipinski definition) is 1. The fourth-order valence-corrected chi connectivity index (χ4v) is 2.44. The largest absolute Gasteiger partial charge is 0.302 e. The summed E-state index contributed by atoms with van der Waals surface area (Å²) in [6.45, 7) is 13.1. The van der Waals surface area contributed by atoms with E-state index < -0.39 is 0 Å². The van der Waals surface area contributed by atoms with Crippen molar-refractivity contribution in [2.75, 3.05) is 13.6 Å². The fourth-order valence-electron chi connectivity index (χ4n) is 2.44. The number of hydrogen-bond donors (Lipinski definition) is 0. The molecule has 1 fully saturated rings. The summed E-state index contributed by atoms with van der Waals surface area (Å²) in [5.41, 5.74) is 1.05. The van der Waals surface area contributed by atoms with Crippen LogP contribution in [0.4, 0.5) is 0 Å². The molecule has 78 valence electrons. The lowest BCUT2D eigenvalue weighted by atomic mass is 9.68. The molecule has 0 spiro atoms. The SMILES string of the molecule is CCC(C)(C)C[C@@H]1N(C)CC1(C)C. The van der Waals surface area contributed by atoms with E-state index in [1.165, 1.54) is 19.4 Å². The molecule has 0 aromatic heterocycles. The van der Waals surface area contributed by atoms with Gasteiger partial charge in [-0.1, -0.05) is 41.0 Å². The Bertz CT molecular complexity index is 182. The molecule has 0 unspecified atom stereocenters. The minimum atomic E-state index is 0.511. The van der Waals surface area contributed by atoms with Gasteiger partial charge in [-0.3, -0.25) is 0 Å². The summed E-state index contributed by atoms with van der Waals surface area (Å²) in [7, 11) is 2.25. The van der Waals surface area contributed by atoms with Crippen molar-refractivity contribution < 1.29 is 0 Å². The molecule has 1 nitrogen and oxygen atoms in total. The number of nitrogens with zero attached hydrogens (tertiary/aromatic N) is 1. The molecule has 0 N–H and O–H groups in total. The smallest absolute Gasteiger partial charge is 0.0161 e. The lowest BCUT2D eigenvalue weighted by Crippen LogP contribution is -2.60. The molecule has 0 aromatic carbocycles. The lowest BCUT2D eigenvalue weighted by molar-refractivity contribution is -0.0522. The third-order valence-electron chi connectivity index (χ3n) is 3.79. The standard InChI is InChI=1S/C12H25N/c1-7-11(2,3)8-10-12(4,5)9-13(10)6/h10H,7-9H2,1-6H3/t10-/m0/s1. The molecule has 0 aliphatic carbocycles. The van der Waals surface area contributed by atoms with Gasteiger partial charge in [-0.15, -0.1) is 0 Å². The lowest BCUT2D eigenvalue weighted by Gasteiger charge is -2.55. The van der Waals surface area contributed by atoms with Gasteiger partial charge in [0.2, 0.25) is 0 Å². The highest BCUT2D eigenvalue weighted by Crippen LogP contribution is 2.42. The maximum atomic E-state index is 2.50. The molecule has 0 aromatic rings. The van der Waals surface area contributed by atoms with Crippen LogP contribution < -0.4 is 0 Å². The summed E-state index contributed by atoms with van der Waals surface area (Å²) in [6, 6.07) is 0.794. The Balaban J connectivity index is 2.54. The van der Waals surface area contributed by atoms with Crippen LogP contribution in [0.5, 0.6) is 0 Å². The Morgan fingerprint density at radius 1 is 1.38 bits per heavy atom. The fraction of sp³-hybridized carbons (Fsp3) is 1.00. The molecular formula is C12H25N. The molecule has 1 atom stereocenters. The molecular weight excluding hydrogens is 158 g/mol. The number of rotatable bonds is 3. The van der Waals surface area contributed by atoms with Crippen LogP contribution in [0.3, 0.4) is 0 Å². The zero-order valence-electron chi connectivity index (χ0n) is 10.1. The van der Waals surface area contributed by atoms with Gasteiger partial charge in [-0.2, -0.15) is 0 Å². The van der Waals surface area contributed by atoms with Crippen molar-refractivity contribution in [2.45, 2.75) is 53.5 Å². The van der Waals surface area contributed by atoms with E-state index in [2.05, 4.69) is 46.6 Å². The average Bonchev–Trinajstić information content (AvgIpc) is 2.00. The normalized spacial score (nSPS) is 28.6. The molecule has 1 saturated heterocycles. The minimum absolute atomic E-state index is 0.511. The highest BCUT2D eigenvalue weighted by Gasteiger charge is 2.44. The molecule has 1 rings (SSSR count). The van der Waals surface area contributed by atoms with E-state index in [4.69, 9.17) is 0 Å². The van der Waals surface area contributed by atoms with Gasteiger partial charge in [-0.25, -0.2) is 0 Å². The van der Waals surface area contributed by atoms with Crippen molar-refractivity contribution in [1.82, 2.24) is 4.90 Å². The second kappa shape index (κ2) is 3.27. The first kappa shape index (κ1) is 11.0. The summed E-state index contributed by atoms with van der Waals surface area (Å²) in [5.74, 6) is 0. The van der Waals surface area contributed by atoms with Crippen molar-refractivity contribution in [3.05, 3.63) is 0 Å². The molecule has 0 bridgehead atoms. The second-order valence-electron chi connectivity index (χ2n) is 6.14. The van der Waals surface area contributed by atoms with Crippen LogP contribution in [0.25, 0.3) is 0 Å². The van der Waals surface area contributed by atoms with Crippen LogP contribution in [0, 0.1) is 10.8 Å². The maximum Gasteiger partial charge on any atom is 0.0161 e. The summed E-state index contributed by atoms with van der Waals surface area (Å²) in [4.78, 5) is 2.50. The van der Waals surface area contributed by atoms with E-state index in [1.807, 2.05) is 0 Å². The van der Waals surface area contributed by atoms with E-state index in [-0.39, 0.29) is 0 Å². The predicted octanol–water partition coefficient (Wildman–Crippen LogP) is 3.15. The zero-order valence-corrected chi connectivity index (χ0v) is 10.1. The number of likely N-dealkylation sites (tertiary alicyclic amines) is 1. The van der Waals surface area contributed by atoms with Crippen LogP contribution in [0.15, 0.2) is 0 Å². The third kappa shape index (κ3) is 2.25. The van der Waals surface area contributed by atoms with Crippen LogP contribution in [-0.4, -0.2) is 24.5 Å². The van der Waals surface area contributed by atoms with Gasteiger partial charge >= 0.3 is 0 Å². The summed E-state index contributed by atoms with van der Waals surface area (Å²) >= 11 is 0.